The zero-order valence-corrected chi connectivity index (χ0v) is 12.6. The van der Waals surface area contributed by atoms with E-state index >= 15 is 0 Å². The molecule has 3 N–H and O–H groups in total. The van der Waals surface area contributed by atoms with E-state index in [1.165, 1.54) is 12.1 Å². The van der Waals surface area contributed by atoms with Gasteiger partial charge in [-0.15, -0.1) is 0 Å². The smallest absolute Gasteiger partial charge is 0.272 e. The van der Waals surface area contributed by atoms with E-state index in [0.717, 1.165) is 5.56 Å². The van der Waals surface area contributed by atoms with Crippen LogP contribution in [0.4, 0.5) is 5.69 Å². The number of nitrogens with one attached hydrogen (secondary N) is 1. The molecule has 0 bridgehead atoms. The largest absolute Gasteiger partial charge is 0.344 e. The van der Waals surface area contributed by atoms with Crippen LogP contribution in [0.2, 0.25) is 0 Å². The summed E-state index contributed by atoms with van der Waals surface area (Å²) in [5.41, 5.74) is 1.69. The summed E-state index contributed by atoms with van der Waals surface area (Å²) in [7, 11) is -3.80. The summed E-state index contributed by atoms with van der Waals surface area (Å²) in [4.78, 5) is 12.2. The maximum atomic E-state index is 12.3. The van der Waals surface area contributed by atoms with Gasteiger partial charge in [-0.1, -0.05) is 6.07 Å². The van der Waals surface area contributed by atoms with Crippen molar-refractivity contribution in [2.75, 3.05) is 5.32 Å². The van der Waals surface area contributed by atoms with Crippen molar-refractivity contribution < 1.29 is 13.2 Å². The highest BCUT2D eigenvalue weighted by molar-refractivity contribution is 7.89. The Morgan fingerprint density at radius 1 is 1.33 bits per heavy atom. The van der Waals surface area contributed by atoms with Gasteiger partial charge < -0.3 is 9.88 Å². The Labute approximate surface area is 123 Å². The number of hydrogen-bond donors (Lipinski definition) is 2. The van der Waals surface area contributed by atoms with Crippen molar-refractivity contribution in [1.29, 1.82) is 0 Å². The summed E-state index contributed by atoms with van der Waals surface area (Å²) in [5.74, 6) is -0.295. The highest BCUT2D eigenvalue weighted by atomic mass is 32.2. The summed E-state index contributed by atoms with van der Waals surface area (Å²) in [5, 5.41) is 7.82. The molecule has 0 aliphatic rings. The minimum Gasteiger partial charge on any atom is -0.344 e. The molecule has 1 amide bonds. The zero-order valence-electron chi connectivity index (χ0n) is 11.8. The number of aromatic nitrogens is 1. The van der Waals surface area contributed by atoms with Crippen LogP contribution in [-0.2, 0) is 16.6 Å². The molecule has 0 aliphatic carbocycles. The molecule has 0 radical (unpaired) electrons. The lowest BCUT2D eigenvalue weighted by molar-refractivity contribution is 0.101. The topological polar surface area (TPSA) is 94.2 Å². The number of rotatable bonds is 4. The van der Waals surface area contributed by atoms with E-state index in [4.69, 9.17) is 5.14 Å². The van der Waals surface area contributed by atoms with Gasteiger partial charge in [-0.2, -0.15) is 0 Å². The molecule has 2 aromatic rings. The standard InChI is InChI=1S/C14H17N3O3S/c1-3-17-8-4-5-13(17)14(18)16-12-9-11(21(15,19)20)7-6-10(12)2/h4-9H,3H2,1-2H3,(H,16,18)(H2,15,19,20). The third-order valence-electron chi connectivity index (χ3n) is 3.19. The molecular weight excluding hydrogens is 290 g/mol. The molecule has 112 valence electrons. The fraction of sp³-hybridized carbons (Fsp3) is 0.214. The first-order valence-corrected chi connectivity index (χ1v) is 7.97. The van der Waals surface area contributed by atoms with Crippen LogP contribution in [0.5, 0.6) is 0 Å². The second-order valence-electron chi connectivity index (χ2n) is 4.66. The molecule has 1 aromatic heterocycles. The molecule has 7 heteroatoms. The van der Waals surface area contributed by atoms with Gasteiger partial charge in [0.25, 0.3) is 5.91 Å². The van der Waals surface area contributed by atoms with Crippen molar-refractivity contribution >= 4 is 21.6 Å². The van der Waals surface area contributed by atoms with Gasteiger partial charge in [0.2, 0.25) is 10.0 Å². The molecule has 2 rings (SSSR count). The minimum atomic E-state index is -3.80. The van der Waals surface area contributed by atoms with Crippen LogP contribution >= 0.6 is 0 Å². The summed E-state index contributed by atoms with van der Waals surface area (Å²) in [6, 6.07) is 7.87. The fourth-order valence-corrected chi connectivity index (χ4v) is 2.53. The van der Waals surface area contributed by atoms with Crippen molar-refractivity contribution in [3.63, 3.8) is 0 Å². The van der Waals surface area contributed by atoms with Crippen molar-refractivity contribution in [2.45, 2.75) is 25.3 Å². The van der Waals surface area contributed by atoms with E-state index < -0.39 is 10.0 Å². The van der Waals surface area contributed by atoms with Gasteiger partial charge in [0.15, 0.2) is 0 Å². The van der Waals surface area contributed by atoms with Gasteiger partial charge in [0.1, 0.15) is 5.69 Å². The Kier molecular flexibility index (Phi) is 4.15. The summed E-state index contributed by atoms with van der Waals surface area (Å²) in [6.07, 6.45) is 1.81. The van der Waals surface area contributed by atoms with Crippen LogP contribution in [0.25, 0.3) is 0 Å². The van der Waals surface area contributed by atoms with Gasteiger partial charge in [0, 0.05) is 18.4 Å². The van der Waals surface area contributed by atoms with E-state index in [2.05, 4.69) is 5.32 Å². The van der Waals surface area contributed by atoms with Crippen LogP contribution < -0.4 is 10.5 Å². The molecule has 0 fully saturated rings. The van der Waals surface area contributed by atoms with Crippen molar-refractivity contribution in [1.82, 2.24) is 4.57 Å². The Morgan fingerprint density at radius 2 is 2.05 bits per heavy atom. The number of sulfonamides is 1. The van der Waals surface area contributed by atoms with Crippen molar-refractivity contribution in [3.8, 4) is 0 Å². The predicted octanol–water partition coefficient (Wildman–Crippen LogP) is 1.72. The molecule has 0 saturated carbocycles. The predicted molar refractivity (Wildman–Crippen MR) is 80.6 cm³/mol. The molecule has 0 unspecified atom stereocenters. The van der Waals surface area contributed by atoms with Crippen LogP contribution in [0, 0.1) is 6.92 Å². The van der Waals surface area contributed by atoms with Gasteiger partial charge in [0.05, 0.1) is 4.90 Å². The van der Waals surface area contributed by atoms with Crippen LogP contribution in [0.15, 0.2) is 41.4 Å². The maximum Gasteiger partial charge on any atom is 0.272 e. The third-order valence-corrected chi connectivity index (χ3v) is 4.10. The van der Waals surface area contributed by atoms with Gasteiger partial charge in [-0.25, -0.2) is 13.6 Å². The Morgan fingerprint density at radius 3 is 2.67 bits per heavy atom. The third kappa shape index (κ3) is 3.32. The van der Waals surface area contributed by atoms with Crippen LogP contribution in [-0.4, -0.2) is 18.9 Å². The highest BCUT2D eigenvalue weighted by Crippen LogP contribution is 2.20. The summed E-state index contributed by atoms with van der Waals surface area (Å²) in [6.45, 7) is 4.39. The molecule has 0 saturated heterocycles. The number of nitrogens with two attached hydrogens (primary N) is 1. The number of carbonyl (C=O) groups excluding carboxylic acids is 1. The van der Waals surface area contributed by atoms with E-state index in [-0.39, 0.29) is 10.8 Å². The number of carbonyl (C=O) groups is 1. The van der Waals surface area contributed by atoms with Crippen LogP contribution in [0.3, 0.4) is 0 Å². The summed E-state index contributed by atoms with van der Waals surface area (Å²) >= 11 is 0. The van der Waals surface area contributed by atoms with E-state index in [1.807, 2.05) is 13.1 Å². The number of primary sulfonamides is 1. The number of nitrogens with zero attached hydrogens (tertiary/aromatic N) is 1. The monoisotopic (exact) mass is 307 g/mol. The fourth-order valence-electron chi connectivity index (χ4n) is 2.00. The second-order valence-corrected chi connectivity index (χ2v) is 6.22. The van der Waals surface area contributed by atoms with E-state index in [1.54, 1.807) is 29.7 Å². The molecule has 21 heavy (non-hydrogen) atoms. The lowest BCUT2D eigenvalue weighted by Crippen LogP contribution is -2.18. The molecule has 0 atom stereocenters. The number of benzene rings is 1. The molecular formula is C14H17N3O3S. The highest BCUT2D eigenvalue weighted by Gasteiger charge is 2.14. The normalized spacial score (nSPS) is 11.4. The van der Waals surface area contributed by atoms with Gasteiger partial charge in [-0.3, -0.25) is 4.79 Å². The average molecular weight is 307 g/mol. The zero-order chi connectivity index (χ0) is 15.6. The lowest BCUT2D eigenvalue weighted by Gasteiger charge is -2.11. The number of amides is 1. The molecule has 1 aromatic carbocycles. The SMILES string of the molecule is CCn1cccc1C(=O)Nc1cc(S(N)(=O)=O)ccc1C. The van der Waals surface area contributed by atoms with Gasteiger partial charge in [-0.05, 0) is 43.7 Å². The van der Waals surface area contributed by atoms with E-state index in [0.29, 0.717) is 17.9 Å². The first-order valence-electron chi connectivity index (χ1n) is 6.43. The summed E-state index contributed by atoms with van der Waals surface area (Å²) < 4.78 is 24.5. The van der Waals surface area contributed by atoms with Crippen molar-refractivity contribution in [3.05, 3.63) is 47.8 Å². The number of hydrogen-bond acceptors (Lipinski definition) is 3. The minimum absolute atomic E-state index is 0.0331. The van der Waals surface area contributed by atoms with E-state index in [9.17, 15) is 13.2 Å². The first kappa shape index (κ1) is 15.3. The maximum absolute atomic E-state index is 12.3. The average Bonchev–Trinajstić information content (AvgIpc) is 2.88. The Bertz CT molecular complexity index is 779. The molecule has 0 spiro atoms. The number of anilines is 1. The number of aryl methyl sites for hydroxylation is 2. The lowest BCUT2D eigenvalue weighted by atomic mass is 10.2. The molecule has 0 aliphatic heterocycles. The Hall–Kier alpha value is -2.12. The first-order chi connectivity index (χ1) is 9.82. The second kappa shape index (κ2) is 5.71. The van der Waals surface area contributed by atoms with Gasteiger partial charge >= 0.3 is 0 Å². The molecule has 1 heterocycles. The Balaban J connectivity index is 2.33. The quantitative estimate of drug-likeness (QED) is 0.900. The van der Waals surface area contributed by atoms with Crippen LogP contribution in [0.1, 0.15) is 23.0 Å². The van der Waals surface area contributed by atoms with Crippen molar-refractivity contribution in [2.24, 2.45) is 5.14 Å². The molecule has 6 nitrogen and oxygen atoms in total.